The molecule has 0 spiro atoms. The van der Waals surface area contributed by atoms with Crippen LogP contribution in [0.1, 0.15) is 52.9 Å². The van der Waals surface area contributed by atoms with E-state index in [0.29, 0.717) is 5.41 Å². The van der Waals surface area contributed by atoms with Crippen LogP contribution in [0.2, 0.25) is 0 Å². The maximum absolute atomic E-state index is 3.43. The third-order valence-corrected chi connectivity index (χ3v) is 3.64. The lowest BCUT2D eigenvalue weighted by Gasteiger charge is -2.43. The molecule has 1 unspecified atom stereocenters. The van der Waals surface area contributed by atoms with E-state index in [1.54, 1.807) is 0 Å². The molecule has 0 amide bonds. The van der Waals surface area contributed by atoms with Gasteiger partial charge in [-0.2, -0.15) is 0 Å². The molecule has 1 saturated heterocycles. The maximum Gasteiger partial charge on any atom is 0.00202 e. The number of rotatable bonds is 6. The summed E-state index contributed by atoms with van der Waals surface area (Å²) in [6.45, 7) is 9.54. The first-order chi connectivity index (χ1) is 6.22. The average molecular weight is 183 g/mol. The monoisotopic (exact) mass is 183 g/mol. The van der Waals surface area contributed by atoms with Gasteiger partial charge in [0.15, 0.2) is 0 Å². The molecule has 0 aromatic heterocycles. The molecule has 1 N–H and O–H groups in total. The second-order valence-corrected chi connectivity index (χ2v) is 4.91. The third-order valence-electron chi connectivity index (χ3n) is 3.64. The van der Waals surface area contributed by atoms with Crippen LogP contribution >= 0.6 is 0 Å². The van der Waals surface area contributed by atoms with Crippen LogP contribution in [0.3, 0.4) is 0 Å². The van der Waals surface area contributed by atoms with Gasteiger partial charge in [0, 0.05) is 13.1 Å². The Hall–Kier alpha value is -0.0400. The van der Waals surface area contributed by atoms with Gasteiger partial charge in [0.05, 0.1) is 0 Å². The Bertz CT molecular complexity index is 138. The van der Waals surface area contributed by atoms with E-state index in [9.17, 15) is 0 Å². The van der Waals surface area contributed by atoms with Crippen LogP contribution in [0.5, 0.6) is 0 Å². The summed E-state index contributed by atoms with van der Waals surface area (Å²) in [6, 6.07) is 0. The van der Waals surface area contributed by atoms with Gasteiger partial charge in [-0.15, -0.1) is 0 Å². The molecule has 1 atom stereocenters. The largest absolute Gasteiger partial charge is 0.316 e. The van der Waals surface area contributed by atoms with Crippen LogP contribution in [0.4, 0.5) is 0 Å². The fourth-order valence-corrected chi connectivity index (χ4v) is 2.24. The van der Waals surface area contributed by atoms with E-state index < -0.39 is 0 Å². The summed E-state index contributed by atoms with van der Waals surface area (Å²) in [5.41, 5.74) is 0.693. The summed E-state index contributed by atoms with van der Waals surface area (Å²) in [6.07, 6.45) is 7.00. The lowest BCUT2D eigenvalue weighted by molar-refractivity contribution is 0.125. The van der Waals surface area contributed by atoms with Gasteiger partial charge in [-0.25, -0.2) is 0 Å². The minimum atomic E-state index is 0.693. The van der Waals surface area contributed by atoms with E-state index in [0.717, 1.165) is 5.92 Å². The first-order valence-corrected chi connectivity index (χ1v) is 5.93. The minimum Gasteiger partial charge on any atom is -0.316 e. The Kier molecular flexibility index (Phi) is 4.24. The van der Waals surface area contributed by atoms with Crippen LogP contribution < -0.4 is 5.32 Å². The standard InChI is InChI=1S/C12H25N/c1-4-7-12(9-13-10-12)8-6-11(3)5-2/h11,13H,4-10H2,1-3H3. The molecule has 1 aliphatic heterocycles. The fourth-order valence-electron chi connectivity index (χ4n) is 2.24. The Morgan fingerprint density at radius 1 is 1.23 bits per heavy atom. The lowest BCUT2D eigenvalue weighted by Crippen LogP contribution is -2.53. The van der Waals surface area contributed by atoms with Crippen molar-refractivity contribution in [2.45, 2.75) is 52.9 Å². The van der Waals surface area contributed by atoms with Gasteiger partial charge in [0.2, 0.25) is 0 Å². The predicted molar refractivity (Wildman–Crippen MR) is 58.9 cm³/mol. The molecule has 1 aliphatic rings. The Balaban J connectivity index is 2.23. The van der Waals surface area contributed by atoms with Gasteiger partial charge >= 0.3 is 0 Å². The van der Waals surface area contributed by atoms with Crippen LogP contribution in [0.25, 0.3) is 0 Å². The van der Waals surface area contributed by atoms with Crippen molar-refractivity contribution in [3.63, 3.8) is 0 Å². The van der Waals surface area contributed by atoms with Gasteiger partial charge in [-0.3, -0.25) is 0 Å². The van der Waals surface area contributed by atoms with Crippen LogP contribution in [0, 0.1) is 11.3 Å². The Morgan fingerprint density at radius 2 is 1.92 bits per heavy atom. The highest BCUT2D eigenvalue weighted by molar-refractivity contribution is 4.91. The highest BCUT2D eigenvalue weighted by atomic mass is 15.0. The molecule has 1 fully saturated rings. The highest BCUT2D eigenvalue weighted by Crippen LogP contribution is 2.35. The van der Waals surface area contributed by atoms with Crippen LogP contribution in [-0.4, -0.2) is 13.1 Å². The second kappa shape index (κ2) is 4.99. The molecular weight excluding hydrogens is 158 g/mol. The quantitative estimate of drug-likeness (QED) is 0.667. The molecule has 0 bridgehead atoms. The van der Waals surface area contributed by atoms with Crippen molar-refractivity contribution < 1.29 is 0 Å². The zero-order valence-electron chi connectivity index (χ0n) is 9.53. The van der Waals surface area contributed by atoms with E-state index in [1.165, 1.54) is 45.2 Å². The third kappa shape index (κ3) is 2.98. The van der Waals surface area contributed by atoms with Gasteiger partial charge in [0.1, 0.15) is 0 Å². The molecule has 0 aromatic carbocycles. The molecule has 0 aliphatic carbocycles. The van der Waals surface area contributed by atoms with Crippen molar-refractivity contribution >= 4 is 0 Å². The van der Waals surface area contributed by atoms with Crippen LogP contribution in [0.15, 0.2) is 0 Å². The van der Waals surface area contributed by atoms with Crippen LogP contribution in [-0.2, 0) is 0 Å². The molecular formula is C12H25N. The van der Waals surface area contributed by atoms with Crippen molar-refractivity contribution in [1.29, 1.82) is 0 Å². The van der Waals surface area contributed by atoms with Crippen molar-refractivity contribution in [2.24, 2.45) is 11.3 Å². The number of hydrogen-bond acceptors (Lipinski definition) is 1. The average Bonchev–Trinajstić information content (AvgIpc) is 2.09. The van der Waals surface area contributed by atoms with Gasteiger partial charge in [0.25, 0.3) is 0 Å². The SMILES string of the molecule is CCCC1(CCC(C)CC)CNC1. The summed E-state index contributed by atoms with van der Waals surface area (Å²) in [7, 11) is 0. The molecule has 1 heterocycles. The smallest absolute Gasteiger partial charge is 0.00202 e. The highest BCUT2D eigenvalue weighted by Gasteiger charge is 2.35. The molecule has 0 saturated carbocycles. The summed E-state index contributed by atoms with van der Waals surface area (Å²) in [5, 5.41) is 3.43. The fraction of sp³-hybridized carbons (Fsp3) is 1.00. The molecule has 1 rings (SSSR count). The Morgan fingerprint density at radius 3 is 2.31 bits per heavy atom. The maximum atomic E-state index is 3.43. The summed E-state index contributed by atoms with van der Waals surface area (Å²) in [5.74, 6) is 0.925. The number of nitrogens with one attached hydrogen (secondary N) is 1. The first-order valence-electron chi connectivity index (χ1n) is 5.93. The molecule has 1 nitrogen and oxygen atoms in total. The topological polar surface area (TPSA) is 12.0 Å². The van der Waals surface area contributed by atoms with E-state index in [2.05, 4.69) is 26.1 Å². The van der Waals surface area contributed by atoms with Gasteiger partial charge < -0.3 is 5.32 Å². The zero-order chi connectivity index (χ0) is 9.73. The summed E-state index contributed by atoms with van der Waals surface area (Å²) in [4.78, 5) is 0. The van der Waals surface area contributed by atoms with Crippen molar-refractivity contribution in [2.75, 3.05) is 13.1 Å². The van der Waals surface area contributed by atoms with Crippen molar-refractivity contribution in [1.82, 2.24) is 5.32 Å². The second-order valence-electron chi connectivity index (χ2n) is 4.91. The normalized spacial score (nSPS) is 22.4. The summed E-state index contributed by atoms with van der Waals surface area (Å²) < 4.78 is 0. The van der Waals surface area contributed by atoms with E-state index >= 15 is 0 Å². The molecule has 0 radical (unpaired) electrons. The molecule has 78 valence electrons. The molecule has 1 heteroatoms. The van der Waals surface area contributed by atoms with Gasteiger partial charge in [-0.1, -0.05) is 40.0 Å². The van der Waals surface area contributed by atoms with E-state index in [4.69, 9.17) is 0 Å². The molecule has 0 aromatic rings. The van der Waals surface area contributed by atoms with E-state index in [1.807, 2.05) is 0 Å². The van der Waals surface area contributed by atoms with Gasteiger partial charge in [-0.05, 0) is 24.2 Å². The Labute approximate surface area is 83.3 Å². The van der Waals surface area contributed by atoms with E-state index in [-0.39, 0.29) is 0 Å². The predicted octanol–water partition coefficient (Wildman–Crippen LogP) is 3.20. The first kappa shape index (κ1) is 11.0. The minimum absolute atomic E-state index is 0.693. The van der Waals surface area contributed by atoms with Crippen molar-refractivity contribution in [3.05, 3.63) is 0 Å². The molecule has 13 heavy (non-hydrogen) atoms. The lowest BCUT2D eigenvalue weighted by atomic mass is 9.73. The zero-order valence-corrected chi connectivity index (χ0v) is 9.53. The summed E-state index contributed by atoms with van der Waals surface area (Å²) >= 11 is 0. The van der Waals surface area contributed by atoms with Crippen molar-refractivity contribution in [3.8, 4) is 0 Å². The number of hydrogen-bond donors (Lipinski definition) is 1.